The number of nitrogens with zero attached hydrogens (tertiary/aromatic N) is 2. The molecule has 0 bridgehead atoms. The minimum atomic E-state index is -0.322. The predicted octanol–water partition coefficient (Wildman–Crippen LogP) is 1.82. The number of azo groups is 1. The fourth-order valence-electron chi connectivity index (χ4n) is 1.00. The lowest BCUT2D eigenvalue weighted by Crippen LogP contribution is -1.96. The average molecular weight is 204 g/mol. The third kappa shape index (κ3) is 2.11. The molecule has 2 aromatic rings. The van der Waals surface area contributed by atoms with E-state index in [9.17, 15) is 4.79 Å². The second kappa shape index (κ2) is 3.79. The Morgan fingerprint density at radius 2 is 1.87 bits per heavy atom. The molecule has 0 fully saturated rings. The highest BCUT2D eigenvalue weighted by Crippen LogP contribution is 2.18. The maximum absolute atomic E-state index is 11.0. The van der Waals surface area contributed by atoms with Crippen LogP contribution in [0.2, 0.25) is 0 Å². The standard InChI is InChI=1S/C9H8N4O2/c14-7-3-1-6(2-4-7)11-12-8-5-10-13-9(8)15/h1-5,14H,(H2,10,13,15)/b12-11+. The van der Waals surface area contributed by atoms with Gasteiger partial charge >= 0.3 is 0 Å². The number of aromatic hydroxyl groups is 1. The number of hydrogen-bond acceptors (Lipinski definition) is 4. The van der Waals surface area contributed by atoms with Crippen molar-refractivity contribution in [3.8, 4) is 5.75 Å². The number of phenols is 1. The van der Waals surface area contributed by atoms with Crippen LogP contribution in [-0.2, 0) is 0 Å². The largest absolute Gasteiger partial charge is 0.508 e. The van der Waals surface area contributed by atoms with E-state index in [4.69, 9.17) is 5.11 Å². The number of phenolic OH excluding ortho intramolecular Hbond substituents is 1. The van der Waals surface area contributed by atoms with Crippen LogP contribution in [0.3, 0.4) is 0 Å². The first-order chi connectivity index (χ1) is 7.25. The highest BCUT2D eigenvalue weighted by molar-refractivity contribution is 5.41. The Balaban J connectivity index is 2.22. The van der Waals surface area contributed by atoms with Gasteiger partial charge in [0.25, 0.3) is 5.56 Å². The first-order valence-electron chi connectivity index (χ1n) is 4.22. The lowest BCUT2D eigenvalue weighted by atomic mass is 10.3. The molecule has 0 aliphatic heterocycles. The van der Waals surface area contributed by atoms with Crippen molar-refractivity contribution in [3.63, 3.8) is 0 Å². The van der Waals surface area contributed by atoms with Crippen molar-refractivity contribution in [2.45, 2.75) is 0 Å². The molecular weight excluding hydrogens is 196 g/mol. The second-order valence-electron chi connectivity index (χ2n) is 2.84. The lowest BCUT2D eigenvalue weighted by Gasteiger charge is -1.91. The molecule has 6 heteroatoms. The zero-order chi connectivity index (χ0) is 10.7. The smallest absolute Gasteiger partial charge is 0.291 e. The first kappa shape index (κ1) is 9.20. The van der Waals surface area contributed by atoms with Crippen molar-refractivity contribution in [1.29, 1.82) is 0 Å². The van der Waals surface area contributed by atoms with Crippen LogP contribution in [0.5, 0.6) is 5.75 Å². The summed E-state index contributed by atoms with van der Waals surface area (Å²) < 4.78 is 0. The quantitative estimate of drug-likeness (QED) is 0.651. The van der Waals surface area contributed by atoms with Gasteiger partial charge in [-0.05, 0) is 24.3 Å². The Kier molecular flexibility index (Phi) is 2.32. The molecule has 0 radical (unpaired) electrons. The summed E-state index contributed by atoms with van der Waals surface area (Å²) in [4.78, 5) is 11.0. The molecule has 0 aliphatic rings. The van der Waals surface area contributed by atoms with Crippen LogP contribution in [0.25, 0.3) is 0 Å². The number of benzene rings is 1. The van der Waals surface area contributed by atoms with Gasteiger partial charge in [0.15, 0.2) is 5.69 Å². The average Bonchev–Trinajstić information content (AvgIpc) is 2.63. The predicted molar refractivity (Wildman–Crippen MR) is 53.7 cm³/mol. The molecule has 0 saturated carbocycles. The highest BCUT2D eigenvalue weighted by Gasteiger charge is 1.96. The summed E-state index contributed by atoms with van der Waals surface area (Å²) in [5.41, 5.74) is 0.453. The van der Waals surface area contributed by atoms with Gasteiger partial charge in [-0.15, -0.1) is 5.11 Å². The maximum Gasteiger partial charge on any atom is 0.291 e. The Bertz CT molecular complexity index is 524. The van der Waals surface area contributed by atoms with Crippen LogP contribution in [0, 0.1) is 0 Å². The molecule has 1 aromatic carbocycles. The minimum Gasteiger partial charge on any atom is -0.508 e. The van der Waals surface area contributed by atoms with Gasteiger partial charge in [0, 0.05) is 0 Å². The molecule has 76 valence electrons. The SMILES string of the molecule is O=c1[nH][nH]cc1/N=N/c1ccc(O)cc1. The molecule has 1 aromatic heterocycles. The maximum atomic E-state index is 11.0. The molecule has 0 saturated heterocycles. The van der Waals surface area contributed by atoms with Crippen LogP contribution in [0.15, 0.2) is 45.5 Å². The monoisotopic (exact) mass is 204 g/mol. The van der Waals surface area contributed by atoms with Gasteiger partial charge in [-0.1, -0.05) is 0 Å². The van der Waals surface area contributed by atoms with E-state index < -0.39 is 0 Å². The number of nitrogens with one attached hydrogen (secondary N) is 2. The van der Waals surface area contributed by atoms with Crippen molar-refractivity contribution in [3.05, 3.63) is 40.8 Å². The molecule has 0 unspecified atom stereocenters. The van der Waals surface area contributed by atoms with E-state index in [1.165, 1.54) is 18.3 Å². The van der Waals surface area contributed by atoms with Crippen molar-refractivity contribution in [2.24, 2.45) is 10.2 Å². The third-order valence-corrected chi connectivity index (χ3v) is 1.75. The van der Waals surface area contributed by atoms with Gasteiger partial charge in [-0.25, -0.2) is 0 Å². The topological polar surface area (TPSA) is 93.6 Å². The number of aromatic amines is 2. The van der Waals surface area contributed by atoms with E-state index in [1.807, 2.05) is 0 Å². The molecule has 15 heavy (non-hydrogen) atoms. The lowest BCUT2D eigenvalue weighted by molar-refractivity contribution is 0.475. The van der Waals surface area contributed by atoms with E-state index in [0.29, 0.717) is 5.69 Å². The van der Waals surface area contributed by atoms with Gasteiger partial charge in [0.1, 0.15) is 5.75 Å². The summed E-state index contributed by atoms with van der Waals surface area (Å²) in [6, 6.07) is 6.19. The second-order valence-corrected chi connectivity index (χ2v) is 2.84. The van der Waals surface area contributed by atoms with Crippen LogP contribution < -0.4 is 5.56 Å². The summed E-state index contributed by atoms with van der Waals surface area (Å²) in [6.07, 6.45) is 1.42. The Morgan fingerprint density at radius 3 is 2.47 bits per heavy atom. The zero-order valence-electron chi connectivity index (χ0n) is 7.64. The van der Waals surface area contributed by atoms with Crippen LogP contribution in [0.4, 0.5) is 11.4 Å². The third-order valence-electron chi connectivity index (χ3n) is 1.75. The van der Waals surface area contributed by atoms with Crippen molar-refractivity contribution in [2.75, 3.05) is 0 Å². The highest BCUT2D eigenvalue weighted by atomic mass is 16.3. The van der Waals surface area contributed by atoms with E-state index in [2.05, 4.69) is 20.4 Å². The molecule has 0 amide bonds. The van der Waals surface area contributed by atoms with Crippen LogP contribution >= 0.6 is 0 Å². The van der Waals surface area contributed by atoms with Gasteiger partial charge < -0.3 is 10.2 Å². The van der Waals surface area contributed by atoms with Gasteiger partial charge in [0.2, 0.25) is 0 Å². The summed E-state index contributed by atoms with van der Waals surface area (Å²) in [6.45, 7) is 0. The minimum absolute atomic E-state index is 0.161. The molecular formula is C9H8N4O2. The fourth-order valence-corrected chi connectivity index (χ4v) is 1.00. The van der Waals surface area contributed by atoms with Crippen molar-refractivity contribution < 1.29 is 5.11 Å². The summed E-state index contributed by atoms with van der Waals surface area (Å²) in [7, 11) is 0. The van der Waals surface area contributed by atoms with E-state index in [-0.39, 0.29) is 17.0 Å². The van der Waals surface area contributed by atoms with E-state index in [0.717, 1.165) is 0 Å². The normalized spacial score (nSPS) is 10.9. The molecule has 2 rings (SSSR count). The fraction of sp³-hybridized carbons (Fsp3) is 0. The van der Waals surface area contributed by atoms with Crippen LogP contribution in [0.1, 0.15) is 0 Å². The Hall–Kier alpha value is -2.37. The molecule has 0 spiro atoms. The first-order valence-corrected chi connectivity index (χ1v) is 4.22. The zero-order valence-corrected chi connectivity index (χ0v) is 7.64. The van der Waals surface area contributed by atoms with Gasteiger partial charge in [0.05, 0.1) is 11.9 Å². The molecule has 0 aliphatic carbocycles. The molecule has 6 nitrogen and oxygen atoms in total. The van der Waals surface area contributed by atoms with Crippen molar-refractivity contribution in [1.82, 2.24) is 10.2 Å². The molecule has 0 atom stereocenters. The van der Waals surface area contributed by atoms with Crippen LogP contribution in [-0.4, -0.2) is 15.3 Å². The van der Waals surface area contributed by atoms with E-state index in [1.54, 1.807) is 12.1 Å². The van der Waals surface area contributed by atoms with E-state index >= 15 is 0 Å². The summed E-state index contributed by atoms with van der Waals surface area (Å²) in [5.74, 6) is 0.161. The van der Waals surface area contributed by atoms with Gasteiger partial charge in [-0.2, -0.15) is 5.11 Å². The molecule has 3 N–H and O–H groups in total. The summed E-state index contributed by atoms with van der Waals surface area (Å²) >= 11 is 0. The van der Waals surface area contributed by atoms with Gasteiger partial charge in [-0.3, -0.25) is 9.89 Å². The number of hydrogen-bond donors (Lipinski definition) is 3. The Morgan fingerprint density at radius 1 is 1.13 bits per heavy atom. The number of H-pyrrole nitrogens is 2. The number of aromatic nitrogens is 2. The number of rotatable bonds is 2. The summed E-state index contributed by atoms with van der Waals surface area (Å²) in [5, 5.41) is 21.4. The molecule has 1 heterocycles. The Labute approximate surface area is 84.3 Å². The van der Waals surface area contributed by atoms with Crippen molar-refractivity contribution >= 4 is 11.4 Å².